The van der Waals surface area contributed by atoms with Crippen molar-refractivity contribution in [3.8, 4) is 11.5 Å². The SMILES string of the molecule is CCCCC=Cc1ccc(Oc2cccc3c2c2ccc4cc(C(C)(C)C)cc5c4n2[n+]3C2(CC)CCC52CC)cc1. The van der Waals surface area contributed by atoms with Crippen LogP contribution in [0, 0.1) is 0 Å². The zero-order chi connectivity index (χ0) is 29.3. The molecule has 3 heterocycles. The minimum absolute atomic E-state index is 0.0502. The molecule has 2 aromatic heterocycles. The summed E-state index contributed by atoms with van der Waals surface area (Å²) in [5, 5.41) is 2.55. The first-order chi connectivity index (χ1) is 20.3. The number of hydrogen-bond acceptors (Lipinski definition) is 1. The summed E-state index contributed by atoms with van der Waals surface area (Å²) in [5.41, 5.74) is 8.39. The third kappa shape index (κ3) is 3.68. The molecule has 216 valence electrons. The third-order valence-electron chi connectivity index (χ3n) is 10.7. The molecule has 3 nitrogen and oxygen atoms in total. The third-order valence-corrected chi connectivity index (χ3v) is 10.7. The Balaban J connectivity index is 1.44. The van der Waals surface area contributed by atoms with Crippen molar-refractivity contribution in [1.29, 1.82) is 0 Å². The standard InChI is InChI=1S/C39H45N2O/c1-7-10-11-12-14-27-17-20-30(21-18-27)42-34-16-13-15-33-35(34)32-22-19-28-25-29(37(4,5)6)26-31-36(28)40(32)41(33)39(9-3)24-23-38(31,39)8-2/h12-22,25-26H,7-11,23-24H2,1-6H3/q+1. The van der Waals surface area contributed by atoms with E-state index in [1.807, 2.05) is 0 Å². The molecular weight excluding hydrogens is 512 g/mol. The highest BCUT2D eigenvalue weighted by molar-refractivity contribution is 6.01. The van der Waals surface area contributed by atoms with Gasteiger partial charge in [0.05, 0.1) is 5.41 Å². The van der Waals surface area contributed by atoms with Crippen molar-refractivity contribution in [2.24, 2.45) is 0 Å². The van der Waals surface area contributed by atoms with E-state index in [4.69, 9.17) is 4.74 Å². The van der Waals surface area contributed by atoms with Crippen LogP contribution < -0.4 is 9.42 Å². The van der Waals surface area contributed by atoms with Crippen LogP contribution in [0.3, 0.4) is 0 Å². The molecule has 2 unspecified atom stereocenters. The fourth-order valence-corrected chi connectivity index (χ4v) is 8.23. The molecule has 1 aliphatic heterocycles. The molecule has 0 bridgehead atoms. The molecule has 3 heteroatoms. The maximum absolute atomic E-state index is 6.70. The van der Waals surface area contributed by atoms with Gasteiger partial charge in [0.2, 0.25) is 11.1 Å². The number of allylic oxidation sites excluding steroid dienone is 1. The second-order valence-electron chi connectivity index (χ2n) is 13.7. The van der Waals surface area contributed by atoms with E-state index < -0.39 is 0 Å². The molecule has 7 rings (SSSR count). The molecule has 1 saturated carbocycles. The average Bonchev–Trinajstić information content (AvgIpc) is 3.31. The van der Waals surface area contributed by atoms with Crippen LogP contribution >= 0.6 is 0 Å². The minimum Gasteiger partial charge on any atom is -0.456 e. The quantitative estimate of drug-likeness (QED) is 0.137. The van der Waals surface area contributed by atoms with Gasteiger partial charge in [-0.05, 0) is 71.7 Å². The van der Waals surface area contributed by atoms with Gasteiger partial charge in [-0.15, -0.1) is 4.52 Å². The summed E-state index contributed by atoms with van der Waals surface area (Å²) in [6.45, 7) is 14.1. The molecule has 0 N–H and O–H groups in total. The molecule has 1 fully saturated rings. The summed E-state index contributed by atoms with van der Waals surface area (Å²) in [7, 11) is 0. The van der Waals surface area contributed by atoms with Gasteiger partial charge in [-0.2, -0.15) is 0 Å². The Bertz CT molecular complexity index is 1840. The minimum atomic E-state index is 0.0502. The lowest BCUT2D eigenvalue weighted by Crippen LogP contribution is -2.76. The highest BCUT2D eigenvalue weighted by Crippen LogP contribution is 2.61. The first-order valence-electron chi connectivity index (χ1n) is 16.2. The fraction of sp³-hybridized carbons (Fsp3) is 0.410. The summed E-state index contributed by atoms with van der Waals surface area (Å²) < 4.78 is 11.9. The van der Waals surface area contributed by atoms with Gasteiger partial charge in [0.15, 0.2) is 0 Å². The van der Waals surface area contributed by atoms with Crippen molar-refractivity contribution < 1.29 is 9.42 Å². The number of aromatic nitrogens is 2. The Kier molecular flexibility index (Phi) is 6.31. The van der Waals surface area contributed by atoms with Gasteiger partial charge < -0.3 is 4.74 Å². The van der Waals surface area contributed by atoms with Crippen LogP contribution in [-0.4, -0.2) is 4.52 Å². The van der Waals surface area contributed by atoms with Gasteiger partial charge in [0.1, 0.15) is 27.9 Å². The van der Waals surface area contributed by atoms with Crippen molar-refractivity contribution in [3.05, 3.63) is 89.5 Å². The van der Waals surface area contributed by atoms with Crippen molar-refractivity contribution in [1.82, 2.24) is 4.52 Å². The summed E-state index contributed by atoms with van der Waals surface area (Å²) >= 11 is 0. The van der Waals surface area contributed by atoms with E-state index in [0.717, 1.165) is 30.8 Å². The molecule has 2 aliphatic rings. The van der Waals surface area contributed by atoms with Gasteiger partial charge in [0.25, 0.3) is 0 Å². The van der Waals surface area contributed by atoms with Gasteiger partial charge in [-0.1, -0.05) is 102 Å². The lowest BCUT2D eigenvalue weighted by Gasteiger charge is -2.56. The van der Waals surface area contributed by atoms with Crippen LogP contribution in [-0.2, 0) is 16.4 Å². The Labute approximate surface area is 250 Å². The molecule has 1 aliphatic carbocycles. The molecule has 0 saturated heterocycles. The fourth-order valence-electron chi connectivity index (χ4n) is 8.23. The van der Waals surface area contributed by atoms with Crippen LogP contribution in [0.15, 0.2) is 72.8 Å². The Morgan fingerprint density at radius 1 is 0.929 bits per heavy atom. The second kappa shape index (κ2) is 9.73. The van der Waals surface area contributed by atoms with Crippen LogP contribution in [0.25, 0.3) is 33.4 Å². The predicted octanol–water partition coefficient (Wildman–Crippen LogP) is 10.4. The van der Waals surface area contributed by atoms with Crippen LogP contribution in [0.2, 0.25) is 0 Å². The molecule has 0 spiro atoms. The number of nitrogens with zero attached hydrogens (tertiary/aromatic N) is 2. The van der Waals surface area contributed by atoms with Crippen molar-refractivity contribution in [2.75, 3.05) is 0 Å². The van der Waals surface area contributed by atoms with E-state index in [9.17, 15) is 0 Å². The number of hydrogen-bond donors (Lipinski definition) is 0. The van der Waals surface area contributed by atoms with E-state index in [1.54, 1.807) is 5.56 Å². The number of unbranched alkanes of at least 4 members (excludes halogenated alkanes) is 2. The molecule has 42 heavy (non-hydrogen) atoms. The number of pyridine rings is 1. The summed E-state index contributed by atoms with van der Waals surface area (Å²) in [6.07, 6.45) is 12.8. The highest BCUT2D eigenvalue weighted by Gasteiger charge is 2.69. The van der Waals surface area contributed by atoms with E-state index in [-0.39, 0.29) is 16.4 Å². The van der Waals surface area contributed by atoms with Gasteiger partial charge >= 0.3 is 0 Å². The van der Waals surface area contributed by atoms with Crippen LogP contribution in [0.4, 0.5) is 0 Å². The Hall–Kier alpha value is -3.59. The lowest BCUT2D eigenvalue weighted by atomic mass is 9.48. The lowest BCUT2D eigenvalue weighted by molar-refractivity contribution is -0.823. The summed E-state index contributed by atoms with van der Waals surface area (Å²) in [4.78, 5) is 0. The van der Waals surface area contributed by atoms with Crippen molar-refractivity contribution >= 4 is 33.4 Å². The molecule has 0 radical (unpaired) electrons. The number of benzene rings is 3. The van der Waals surface area contributed by atoms with Gasteiger partial charge in [0, 0.05) is 24.3 Å². The number of rotatable bonds is 8. The second-order valence-corrected chi connectivity index (χ2v) is 13.7. The first kappa shape index (κ1) is 27.3. The monoisotopic (exact) mass is 557 g/mol. The van der Waals surface area contributed by atoms with Crippen molar-refractivity contribution in [2.45, 2.75) is 103 Å². The first-order valence-corrected chi connectivity index (χ1v) is 16.2. The molecule has 3 aromatic carbocycles. The van der Waals surface area contributed by atoms with Crippen LogP contribution in [0.1, 0.15) is 103 Å². The maximum atomic E-state index is 6.70. The normalized spacial score (nSPS) is 21.5. The van der Waals surface area contributed by atoms with Gasteiger partial charge in [-0.25, -0.2) is 0 Å². The molecular formula is C39H45N2O+. The summed E-state index contributed by atoms with van der Waals surface area (Å²) in [6, 6.07) is 24.8. The Morgan fingerprint density at radius 2 is 1.74 bits per heavy atom. The van der Waals surface area contributed by atoms with Crippen LogP contribution in [0.5, 0.6) is 11.5 Å². The van der Waals surface area contributed by atoms with E-state index in [0.29, 0.717) is 0 Å². The predicted molar refractivity (Wildman–Crippen MR) is 176 cm³/mol. The van der Waals surface area contributed by atoms with E-state index in [2.05, 4.69) is 130 Å². The molecule has 2 atom stereocenters. The highest BCUT2D eigenvalue weighted by atomic mass is 16.5. The number of fused-ring (bicyclic) bond motifs is 6. The largest absolute Gasteiger partial charge is 0.456 e. The zero-order valence-electron chi connectivity index (χ0n) is 26.3. The topological polar surface area (TPSA) is 17.5 Å². The maximum Gasteiger partial charge on any atom is 0.244 e. The van der Waals surface area contributed by atoms with E-state index in [1.165, 1.54) is 64.1 Å². The van der Waals surface area contributed by atoms with E-state index >= 15 is 0 Å². The Morgan fingerprint density at radius 3 is 2.40 bits per heavy atom. The molecule has 5 aromatic rings. The zero-order valence-corrected chi connectivity index (χ0v) is 26.3. The van der Waals surface area contributed by atoms with Gasteiger partial charge in [-0.3, -0.25) is 0 Å². The smallest absolute Gasteiger partial charge is 0.244 e. The molecule has 0 amide bonds. The van der Waals surface area contributed by atoms with Crippen molar-refractivity contribution in [3.63, 3.8) is 0 Å². The number of ether oxygens (including phenoxy) is 1. The summed E-state index contributed by atoms with van der Waals surface area (Å²) in [5.74, 6) is 1.80. The average molecular weight is 558 g/mol.